The highest BCUT2D eigenvalue weighted by Gasteiger charge is 2.30. The zero-order valence-corrected chi connectivity index (χ0v) is 18.1. The van der Waals surface area contributed by atoms with Crippen LogP contribution in [0.1, 0.15) is 79.1 Å². The smallest absolute Gasteiger partial charge is 0.161 e. The van der Waals surface area contributed by atoms with Gasteiger partial charge < -0.3 is 4.90 Å². The third-order valence-electron chi connectivity index (χ3n) is 5.76. The summed E-state index contributed by atoms with van der Waals surface area (Å²) in [6.45, 7) is 10.6. The SMILES string of the molecule is CCC(C)(C=CN(C)C)C=CC(C)(C)C1=[N+](C)CCCCCCCC1. The van der Waals surface area contributed by atoms with E-state index in [0.717, 1.165) is 6.42 Å². The van der Waals surface area contributed by atoms with Gasteiger partial charge in [0, 0.05) is 32.4 Å². The molecule has 1 rings (SSSR count). The molecule has 0 radical (unpaired) electrons. The fourth-order valence-corrected chi connectivity index (χ4v) is 3.59. The molecule has 2 nitrogen and oxygen atoms in total. The van der Waals surface area contributed by atoms with Crippen molar-refractivity contribution in [2.45, 2.75) is 79.1 Å². The standard InChI is InChI=1S/C23H43N2/c1-8-23(4,18-20-24(5)6)17-16-22(2,3)21-15-13-11-9-10-12-14-19-25(21)7/h16-18,20H,8-15,19H2,1-7H3/q+1. The molecule has 1 aliphatic heterocycles. The van der Waals surface area contributed by atoms with Gasteiger partial charge in [0.1, 0.15) is 13.6 Å². The van der Waals surface area contributed by atoms with Gasteiger partial charge in [-0.05, 0) is 39.3 Å². The molecule has 0 bridgehead atoms. The van der Waals surface area contributed by atoms with E-state index in [4.69, 9.17) is 0 Å². The summed E-state index contributed by atoms with van der Waals surface area (Å²) in [7, 11) is 6.48. The van der Waals surface area contributed by atoms with Crippen molar-refractivity contribution in [3.63, 3.8) is 0 Å². The van der Waals surface area contributed by atoms with Gasteiger partial charge in [0.2, 0.25) is 0 Å². The summed E-state index contributed by atoms with van der Waals surface area (Å²) in [6.07, 6.45) is 20.0. The van der Waals surface area contributed by atoms with E-state index < -0.39 is 0 Å². The molecule has 1 atom stereocenters. The molecular formula is C23H43N2+. The second kappa shape index (κ2) is 10.2. The van der Waals surface area contributed by atoms with Crippen LogP contribution in [0.3, 0.4) is 0 Å². The highest BCUT2D eigenvalue weighted by atomic mass is 15.0. The molecule has 25 heavy (non-hydrogen) atoms. The lowest BCUT2D eigenvalue weighted by Gasteiger charge is -2.26. The summed E-state index contributed by atoms with van der Waals surface area (Å²) in [5, 5.41) is 0. The van der Waals surface area contributed by atoms with Gasteiger partial charge in [-0.1, -0.05) is 51.3 Å². The van der Waals surface area contributed by atoms with Crippen LogP contribution in [0, 0.1) is 10.8 Å². The molecule has 144 valence electrons. The Balaban J connectivity index is 3.01. The Kier molecular flexibility index (Phi) is 8.96. The van der Waals surface area contributed by atoms with Crippen LogP contribution in [-0.2, 0) is 0 Å². The number of hydrogen-bond acceptors (Lipinski definition) is 1. The minimum atomic E-state index is 0.121. The Bertz CT molecular complexity index is 482. The largest absolute Gasteiger partial charge is 0.384 e. The summed E-state index contributed by atoms with van der Waals surface area (Å²) in [4.78, 5) is 2.12. The van der Waals surface area contributed by atoms with Crippen LogP contribution >= 0.6 is 0 Å². The van der Waals surface area contributed by atoms with E-state index in [9.17, 15) is 0 Å². The zero-order chi connectivity index (χ0) is 18.9. The van der Waals surface area contributed by atoms with E-state index in [1.165, 1.54) is 51.5 Å². The molecule has 1 unspecified atom stereocenters. The lowest BCUT2D eigenvalue weighted by molar-refractivity contribution is -0.502. The topological polar surface area (TPSA) is 6.25 Å². The molecule has 0 N–H and O–H groups in total. The first-order valence-electron chi connectivity index (χ1n) is 10.3. The Hall–Kier alpha value is -1.05. The normalized spacial score (nSPS) is 20.9. The fourth-order valence-electron chi connectivity index (χ4n) is 3.59. The van der Waals surface area contributed by atoms with Crippen LogP contribution in [-0.4, -0.2) is 42.9 Å². The molecule has 2 heteroatoms. The molecule has 0 aromatic heterocycles. The average Bonchev–Trinajstić information content (AvgIpc) is 2.57. The maximum absolute atomic E-state index is 2.55. The minimum absolute atomic E-state index is 0.121. The van der Waals surface area contributed by atoms with Crippen molar-refractivity contribution in [3.05, 3.63) is 24.4 Å². The third kappa shape index (κ3) is 7.79. The van der Waals surface area contributed by atoms with Gasteiger partial charge in [-0.3, -0.25) is 0 Å². The molecule has 0 fully saturated rings. The van der Waals surface area contributed by atoms with Crippen molar-refractivity contribution < 1.29 is 4.58 Å². The van der Waals surface area contributed by atoms with E-state index in [-0.39, 0.29) is 10.8 Å². The molecular weight excluding hydrogens is 304 g/mol. The van der Waals surface area contributed by atoms with Crippen LogP contribution < -0.4 is 0 Å². The van der Waals surface area contributed by atoms with E-state index in [0.29, 0.717) is 0 Å². The van der Waals surface area contributed by atoms with Gasteiger partial charge in [-0.2, -0.15) is 0 Å². The third-order valence-corrected chi connectivity index (χ3v) is 5.76. The Morgan fingerprint density at radius 2 is 1.52 bits per heavy atom. The van der Waals surface area contributed by atoms with Crippen molar-refractivity contribution in [2.75, 3.05) is 27.7 Å². The lowest BCUT2D eigenvalue weighted by Crippen LogP contribution is -2.32. The van der Waals surface area contributed by atoms with E-state index >= 15 is 0 Å². The van der Waals surface area contributed by atoms with Gasteiger partial charge in [-0.25, -0.2) is 4.58 Å². The molecule has 0 aromatic rings. The van der Waals surface area contributed by atoms with Crippen LogP contribution in [0.15, 0.2) is 24.4 Å². The first-order valence-corrected chi connectivity index (χ1v) is 10.3. The number of nitrogens with zero attached hydrogens (tertiary/aromatic N) is 2. The summed E-state index contributed by atoms with van der Waals surface area (Å²) in [5.74, 6) is 0. The lowest BCUT2D eigenvalue weighted by atomic mass is 9.79. The monoisotopic (exact) mass is 347 g/mol. The summed E-state index contributed by atoms with van der Waals surface area (Å²) >= 11 is 0. The predicted molar refractivity (Wildman–Crippen MR) is 113 cm³/mol. The second-order valence-electron chi connectivity index (χ2n) is 8.93. The second-order valence-corrected chi connectivity index (χ2v) is 8.93. The number of hydrogen-bond donors (Lipinski definition) is 0. The summed E-state index contributed by atoms with van der Waals surface area (Å²) in [6, 6.07) is 0. The maximum Gasteiger partial charge on any atom is 0.161 e. The van der Waals surface area contributed by atoms with Crippen LogP contribution in [0.2, 0.25) is 0 Å². The number of rotatable bonds is 6. The first kappa shape index (κ1) is 22.0. The van der Waals surface area contributed by atoms with Crippen LogP contribution in [0.25, 0.3) is 0 Å². The van der Waals surface area contributed by atoms with Crippen molar-refractivity contribution in [3.8, 4) is 0 Å². The Morgan fingerprint density at radius 3 is 2.12 bits per heavy atom. The summed E-state index contributed by atoms with van der Waals surface area (Å²) in [5.41, 5.74) is 1.85. The highest BCUT2D eigenvalue weighted by Crippen LogP contribution is 2.30. The molecule has 0 aromatic carbocycles. The fraction of sp³-hybridized carbons (Fsp3) is 0.783. The van der Waals surface area contributed by atoms with Crippen molar-refractivity contribution in [2.24, 2.45) is 10.8 Å². The molecule has 0 saturated heterocycles. The van der Waals surface area contributed by atoms with E-state index in [1.54, 1.807) is 5.71 Å². The van der Waals surface area contributed by atoms with E-state index in [2.05, 4.69) is 82.7 Å². The molecule has 0 spiro atoms. The van der Waals surface area contributed by atoms with Crippen molar-refractivity contribution in [1.82, 2.24) is 4.90 Å². The minimum Gasteiger partial charge on any atom is -0.384 e. The molecule has 0 aliphatic carbocycles. The van der Waals surface area contributed by atoms with Crippen molar-refractivity contribution >= 4 is 5.71 Å². The molecule has 0 saturated carbocycles. The maximum atomic E-state index is 2.55. The van der Waals surface area contributed by atoms with Gasteiger partial charge in [0.05, 0.1) is 5.41 Å². The van der Waals surface area contributed by atoms with Crippen LogP contribution in [0.5, 0.6) is 0 Å². The van der Waals surface area contributed by atoms with Crippen molar-refractivity contribution in [1.29, 1.82) is 0 Å². The van der Waals surface area contributed by atoms with Gasteiger partial charge in [0.15, 0.2) is 5.71 Å². The first-order chi connectivity index (χ1) is 11.7. The Labute approximate surface area is 157 Å². The highest BCUT2D eigenvalue weighted by molar-refractivity contribution is 5.87. The molecule has 0 amide bonds. The quantitative estimate of drug-likeness (QED) is 0.429. The number of allylic oxidation sites excluding steroid dienone is 3. The zero-order valence-electron chi connectivity index (χ0n) is 18.1. The van der Waals surface area contributed by atoms with E-state index in [1.807, 2.05) is 0 Å². The van der Waals surface area contributed by atoms with Gasteiger partial charge in [0.25, 0.3) is 0 Å². The van der Waals surface area contributed by atoms with Crippen LogP contribution in [0.4, 0.5) is 0 Å². The molecule has 1 aliphatic rings. The average molecular weight is 348 g/mol. The molecule has 1 heterocycles. The predicted octanol–water partition coefficient (Wildman–Crippen LogP) is 5.89. The van der Waals surface area contributed by atoms with Gasteiger partial charge in [-0.15, -0.1) is 0 Å². The summed E-state index contributed by atoms with van der Waals surface area (Å²) < 4.78 is 2.55. The van der Waals surface area contributed by atoms with Gasteiger partial charge >= 0.3 is 0 Å². The Morgan fingerprint density at radius 1 is 0.920 bits per heavy atom.